The number of fused-ring (bicyclic) bond motifs is 1. The van der Waals surface area contributed by atoms with Crippen LogP contribution in [0.4, 0.5) is 0 Å². The highest BCUT2D eigenvalue weighted by molar-refractivity contribution is 5.72. The average Bonchev–Trinajstić information content (AvgIpc) is 3.23. The second-order valence-corrected chi connectivity index (χ2v) is 6.78. The molecule has 0 aliphatic carbocycles. The fourth-order valence-corrected chi connectivity index (χ4v) is 3.64. The van der Waals surface area contributed by atoms with Crippen molar-refractivity contribution in [2.24, 2.45) is 0 Å². The van der Waals surface area contributed by atoms with Crippen molar-refractivity contribution in [3.8, 4) is 5.82 Å². The van der Waals surface area contributed by atoms with E-state index in [2.05, 4.69) is 43.1 Å². The Morgan fingerprint density at radius 3 is 2.14 bits per heavy atom. The van der Waals surface area contributed by atoms with Gasteiger partial charge in [-0.05, 0) is 53.4 Å². The highest BCUT2D eigenvalue weighted by Crippen LogP contribution is 2.30. The normalized spacial score (nSPS) is 11.2. The van der Waals surface area contributed by atoms with Crippen LogP contribution in [-0.2, 0) is 6.42 Å². The third-order valence-electron chi connectivity index (χ3n) is 5.01. The summed E-state index contributed by atoms with van der Waals surface area (Å²) in [5.41, 5.74) is 5.06. The molecule has 0 radical (unpaired) electrons. The summed E-state index contributed by atoms with van der Waals surface area (Å²) in [4.78, 5) is 22.1. The van der Waals surface area contributed by atoms with Crippen LogP contribution >= 0.6 is 0 Å². The van der Waals surface area contributed by atoms with Crippen molar-refractivity contribution in [1.82, 2.24) is 29.5 Å². The summed E-state index contributed by atoms with van der Waals surface area (Å²) in [6, 6.07) is 16.2. The maximum absolute atomic E-state index is 4.68. The van der Waals surface area contributed by atoms with Crippen molar-refractivity contribution in [3.63, 3.8) is 0 Å². The molecule has 5 aromatic rings. The molecular weight excluding hydrogens is 360 g/mol. The zero-order valence-corrected chi connectivity index (χ0v) is 15.6. The van der Waals surface area contributed by atoms with Gasteiger partial charge < -0.3 is 0 Å². The number of imidazole rings is 1. The molecule has 0 saturated heterocycles. The molecule has 0 saturated carbocycles. The largest absolute Gasteiger partial charge is 0.281 e. The van der Waals surface area contributed by atoms with Gasteiger partial charge in [0.05, 0.1) is 5.52 Å². The Morgan fingerprint density at radius 1 is 0.724 bits per heavy atom. The predicted molar refractivity (Wildman–Crippen MR) is 111 cm³/mol. The molecule has 5 heterocycles. The molecule has 0 fully saturated rings. The molecular formula is C23H18N6. The van der Waals surface area contributed by atoms with Crippen LogP contribution in [0.1, 0.15) is 22.6 Å². The van der Waals surface area contributed by atoms with E-state index in [1.807, 2.05) is 53.5 Å². The van der Waals surface area contributed by atoms with Crippen LogP contribution in [0, 0.1) is 0 Å². The molecule has 0 aromatic carbocycles. The highest BCUT2D eigenvalue weighted by Gasteiger charge is 2.19. The Balaban J connectivity index is 1.61. The fourth-order valence-electron chi connectivity index (χ4n) is 3.64. The van der Waals surface area contributed by atoms with E-state index in [-0.39, 0.29) is 5.92 Å². The van der Waals surface area contributed by atoms with Gasteiger partial charge in [0.1, 0.15) is 12.1 Å². The Labute approximate surface area is 168 Å². The molecule has 0 aliphatic rings. The van der Waals surface area contributed by atoms with Gasteiger partial charge in [0.15, 0.2) is 5.65 Å². The predicted octanol–water partition coefficient (Wildman–Crippen LogP) is 3.98. The summed E-state index contributed by atoms with van der Waals surface area (Å²) in [5.74, 6) is 0.981. The topological polar surface area (TPSA) is 69.4 Å². The minimum absolute atomic E-state index is 0.119. The minimum atomic E-state index is 0.119. The summed E-state index contributed by atoms with van der Waals surface area (Å²) in [6.45, 7) is 0. The van der Waals surface area contributed by atoms with E-state index in [1.54, 1.807) is 24.9 Å². The van der Waals surface area contributed by atoms with Crippen LogP contribution in [0.5, 0.6) is 0 Å². The van der Waals surface area contributed by atoms with Gasteiger partial charge in [0.2, 0.25) is 0 Å². The number of aromatic nitrogens is 6. The quantitative estimate of drug-likeness (QED) is 0.463. The van der Waals surface area contributed by atoms with Gasteiger partial charge in [-0.3, -0.25) is 14.5 Å². The second-order valence-electron chi connectivity index (χ2n) is 6.78. The van der Waals surface area contributed by atoms with E-state index < -0.39 is 0 Å². The lowest BCUT2D eigenvalue weighted by Gasteiger charge is -2.19. The van der Waals surface area contributed by atoms with Crippen molar-refractivity contribution >= 4 is 11.2 Å². The number of pyridine rings is 4. The number of hydrogen-bond donors (Lipinski definition) is 0. The molecule has 0 aliphatic heterocycles. The summed E-state index contributed by atoms with van der Waals surface area (Å²) < 4.78 is 2.00. The van der Waals surface area contributed by atoms with Gasteiger partial charge in [-0.25, -0.2) is 15.0 Å². The molecule has 0 bridgehead atoms. The lowest BCUT2D eigenvalue weighted by Crippen LogP contribution is -2.09. The first kappa shape index (κ1) is 17.2. The van der Waals surface area contributed by atoms with Crippen molar-refractivity contribution in [2.45, 2.75) is 12.3 Å². The zero-order valence-electron chi connectivity index (χ0n) is 15.6. The minimum Gasteiger partial charge on any atom is -0.281 e. The standard InChI is InChI=1S/C23H18N6/c1-6-18(14-24-9-1)20(19-7-2-10-25-15-19)13-17-5-3-12-27-23(17)29-16-28-22-21(29)8-4-11-26-22/h1-12,14-16,20H,13H2. The average molecular weight is 378 g/mol. The van der Waals surface area contributed by atoms with E-state index in [0.717, 1.165) is 34.4 Å². The van der Waals surface area contributed by atoms with E-state index in [9.17, 15) is 0 Å². The van der Waals surface area contributed by atoms with Gasteiger partial charge in [-0.1, -0.05) is 18.2 Å². The zero-order chi connectivity index (χ0) is 19.5. The maximum Gasteiger partial charge on any atom is 0.177 e. The molecule has 0 atom stereocenters. The molecule has 140 valence electrons. The first-order valence-corrected chi connectivity index (χ1v) is 9.42. The van der Waals surface area contributed by atoms with Gasteiger partial charge in [-0.2, -0.15) is 0 Å². The molecule has 6 heteroatoms. The molecule has 0 spiro atoms. The Hall–Kier alpha value is -3.93. The molecule has 5 rings (SSSR count). The van der Waals surface area contributed by atoms with Crippen molar-refractivity contribution < 1.29 is 0 Å². The van der Waals surface area contributed by atoms with E-state index in [4.69, 9.17) is 0 Å². The molecule has 29 heavy (non-hydrogen) atoms. The van der Waals surface area contributed by atoms with Gasteiger partial charge in [0.25, 0.3) is 0 Å². The summed E-state index contributed by atoms with van der Waals surface area (Å²) in [5, 5.41) is 0. The maximum atomic E-state index is 4.68. The first-order valence-electron chi connectivity index (χ1n) is 9.42. The monoisotopic (exact) mass is 378 g/mol. The van der Waals surface area contributed by atoms with Crippen molar-refractivity contribution in [3.05, 3.63) is 109 Å². The number of hydrogen-bond acceptors (Lipinski definition) is 5. The van der Waals surface area contributed by atoms with Crippen LogP contribution in [0.15, 0.2) is 92.0 Å². The lowest BCUT2D eigenvalue weighted by atomic mass is 9.87. The van der Waals surface area contributed by atoms with E-state index >= 15 is 0 Å². The van der Waals surface area contributed by atoms with Crippen molar-refractivity contribution in [1.29, 1.82) is 0 Å². The lowest BCUT2D eigenvalue weighted by molar-refractivity contribution is 0.782. The Kier molecular flexibility index (Phi) is 4.50. The van der Waals surface area contributed by atoms with Crippen LogP contribution in [0.3, 0.4) is 0 Å². The van der Waals surface area contributed by atoms with E-state index in [0.29, 0.717) is 5.65 Å². The Morgan fingerprint density at radius 2 is 1.41 bits per heavy atom. The second kappa shape index (κ2) is 7.59. The van der Waals surface area contributed by atoms with Crippen molar-refractivity contribution in [2.75, 3.05) is 0 Å². The molecule has 0 N–H and O–H groups in total. The first-order chi connectivity index (χ1) is 14.4. The third kappa shape index (κ3) is 3.36. The van der Waals surface area contributed by atoms with Crippen LogP contribution in [-0.4, -0.2) is 29.5 Å². The third-order valence-corrected chi connectivity index (χ3v) is 5.01. The molecule has 6 nitrogen and oxygen atoms in total. The van der Waals surface area contributed by atoms with Gasteiger partial charge in [-0.15, -0.1) is 0 Å². The molecule has 0 amide bonds. The van der Waals surface area contributed by atoms with Gasteiger partial charge >= 0.3 is 0 Å². The molecule has 0 unspecified atom stereocenters. The number of nitrogens with zero attached hydrogens (tertiary/aromatic N) is 6. The SMILES string of the molecule is c1cncc(C(Cc2cccnc2-n2cnc3ncccc32)c2cccnc2)c1. The van der Waals surface area contributed by atoms with Crippen LogP contribution < -0.4 is 0 Å². The smallest absolute Gasteiger partial charge is 0.177 e. The summed E-state index contributed by atoms with van der Waals surface area (Å²) >= 11 is 0. The number of rotatable bonds is 5. The Bertz CT molecular complexity index is 1190. The summed E-state index contributed by atoms with van der Waals surface area (Å²) in [7, 11) is 0. The van der Waals surface area contributed by atoms with Gasteiger partial charge in [0, 0.05) is 43.1 Å². The van der Waals surface area contributed by atoms with Crippen LogP contribution in [0.2, 0.25) is 0 Å². The van der Waals surface area contributed by atoms with Crippen LogP contribution in [0.25, 0.3) is 17.0 Å². The fraction of sp³-hybridized carbons (Fsp3) is 0.0870. The highest BCUT2D eigenvalue weighted by atomic mass is 15.1. The molecule has 5 aromatic heterocycles. The summed E-state index contributed by atoms with van der Waals surface area (Å²) in [6.07, 6.45) is 13.5. The van der Waals surface area contributed by atoms with E-state index in [1.165, 1.54) is 0 Å².